The molecule has 1 amide bonds. The van der Waals surface area contributed by atoms with Crippen molar-refractivity contribution in [2.24, 2.45) is 11.1 Å². The minimum Gasteiger partial charge on any atom is -0.493 e. The number of hydrogen-bond acceptors (Lipinski definition) is 5. The lowest BCUT2D eigenvalue weighted by molar-refractivity contribution is 0.0939. The van der Waals surface area contributed by atoms with Gasteiger partial charge in [0, 0.05) is 5.56 Å². The standard InChI is InChI=1S/C21H28N2O5S/c1-14(2)10-11-28-19-9-8-17(13-20(19)27-4)21(24)23-15(3)16-6-5-7-18(12-16)29(22,25)26/h5-9,12-15H,10-11H2,1-4H3,(H,23,24)(H2,22,25,26). The van der Waals surface area contributed by atoms with Gasteiger partial charge in [-0.25, -0.2) is 13.6 Å². The zero-order valence-corrected chi connectivity index (χ0v) is 18.0. The molecule has 2 aromatic rings. The summed E-state index contributed by atoms with van der Waals surface area (Å²) < 4.78 is 34.2. The van der Waals surface area contributed by atoms with Gasteiger partial charge in [-0.1, -0.05) is 26.0 Å². The summed E-state index contributed by atoms with van der Waals surface area (Å²) in [6, 6.07) is 10.7. The van der Waals surface area contributed by atoms with Crippen LogP contribution in [0.25, 0.3) is 0 Å². The second-order valence-corrected chi connectivity index (χ2v) is 8.77. The van der Waals surface area contributed by atoms with Crippen molar-refractivity contribution in [3.05, 3.63) is 53.6 Å². The zero-order valence-electron chi connectivity index (χ0n) is 17.1. The molecule has 0 bridgehead atoms. The lowest BCUT2D eigenvalue weighted by Gasteiger charge is -2.16. The number of ether oxygens (including phenoxy) is 2. The Morgan fingerprint density at radius 3 is 2.45 bits per heavy atom. The number of hydrogen-bond donors (Lipinski definition) is 2. The second kappa shape index (κ2) is 9.76. The quantitative estimate of drug-likeness (QED) is 0.647. The fourth-order valence-electron chi connectivity index (χ4n) is 2.66. The number of methoxy groups -OCH3 is 1. The number of carbonyl (C=O) groups excluding carboxylic acids is 1. The van der Waals surface area contributed by atoms with Crippen molar-refractivity contribution < 1.29 is 22.7 Å². The smallest absolute Gasteiger partial charge is 0.251 e. The molecule has 0 aromatic heterocycles. The second-order valence-electron chi connectivity index (χ2n) is 7.21. The molecule has 2 aromatic carbocycles. The minimum absolute atomic E-state index is 0.000618. The van der Waals surface area contributed by atoms with E-state index in [1.807, 2.05) is 0 Å². The van der Waals surface area contributed by atoms with E-state index in [-0.39, 0.29) is 10.8 Å². The first-order chi connectivity index (χ1) is 13.6. The van der Waals surface area contributed by atoms with Crippen LogP contribution in [-0.4, -0.2) is 28.0 Å². The number of carbonyl (C=O) groups is 1. The zero-order chi connectivity index (χ0) is 21.6. The van der Waals surface area contributed by atoms with E-state index in [1.165, 1.54) is 19.2 Å². The molecule has 8 heteroatoms. The van der Waals surface area contributed by atoms with Crippen molar-refractivity contribution in [1.29, 1.82) is 0 Å². The molecule has 0 saturated carbocycles. The van der Waals surface area contributed by atoms with Gasteiger partial charge in [0.05, 0.1) is 24.7 Å². The van der Waals surface area contributed by atoms with E-state index in [2.05, 4.69) is 19.2 Å². The molecule has 0 aliphatic rings. The average Bonchev–Trinajstić information content (AvgIpc) is 2.67. The summed E-state index contributed by atoms with van der Waals surface area (Å²) in [6.07, 6.45) is 0.917. The van der Waals surface area contributed by atoms with Crippen LogP contribution in [0.2, 0.25) is 0 Å². The number of nitrogens with two attached hydrogens (primary N) is 1. The highest BCUT2D eigenvalue weighted by atomic mass is 32.2. The van der Waals surface area contributed by atoms with Gasteiger partial charge in [-0.3, -0.25) is 4.79 Å². The third kappa shape index (κ3) is 6.47. The van der Waals surface area contributed by atoms with E-state index in [0.29, 0.717) is 35.2 Å². The predicted molar refractivity (Wildman–Crippen MR) is 112 cm³/mol. The molecular weight excluding hydrogens is 392 g/mol. The van der Waals surface area contributed by atoms with Gasteiger partial charge in [0.15, 0.2) is 11.5 Å². The summed E-state index contributed by atoms with van der Waals surface area (Å²) >= 11 is 0. The Morgan fingerprint density at radius 1 is 1.10 bits per heavy atom. The van der Waals surface area contributed by atoms with Crippen LogP contribution in [0.3, 0.4) is 0 Å². The lowest BCUT2D eigenvalue weighted by Crippen LogP contribution is -2.27. The Bertz CT molecular complexity index is 957. The van der Waals surface area contributed by atoms with Crippen LogP contribution in [0, 0.1) is 5.92 Å². The molecule has 3 N–H and O–H groups in total. The SMILES string of the molecule is COc1cc(C(=O)NC(C)c2cccc(S(N)(=O)=O)c2)ccc1OCCC(C)C. The van der Waals surface area contributed by atoms with Crippen molar-refractivity contribution in [2.45, 2.75) is 38.1 Å². The molecule has 0 aliphatic heterocycles. The largest absolute Gasteiger partial charge is 0.493 e. The van der Waals surface area contributed by atoms with E-state index in [9.17, 15) is 13.2 Å². The highest BCUT2D eigenvalue weighted by Crippen LogP contribution is 2.29. The van der Waals surface area contributed by atoms with Crippen LogP contribution < -0.4 is 19.9 Å². The van der Waals surface area contributed by atoms with Gasteiger partial charge >= 0.3 is 0 Å². The summed E-state index contributed by atoms with van der Waals surface area (Å²) in [5.74, 6) is 1.27. The maximum atomic E-state index is 12.6. The molecule has 29 heavy (non-hydrogen) atoms. The molecule has 0 radical (unpaired) electrons. The number of sulfonamides is 1. The first-order valence-corrected chi connectivity index (χ1v) is 10.9. The van der Waals surface area contributed by atoms with Crippen LogP contribution in [-0.2, 0) is 10.0 Å². The topological polar surface area (TPSA) is 108 Å². The molecule has 1 unspecified atom stereocenters. The predicted octanol–water partition coefficient (Wildman–Crippen LogP) is 3.26. The fourth-order valence-corrected chi connectivity index (χ4v) is 3.23. The lowest BCUT2D eigenvalue weighted by atomic mass is 10.1. The number of nitrogens with one attached hydrogen (secondary N) is 1. The first-order valence-electron chi connectivity index (χ1n) is 9.36. The van der Waals surface area contributed by atoms with Gasteiger partial charge in [-0.15, -0.1) is 0 Å². The molecule has 0 saturated heterocycles. The summed E-state index contributed by atoms with van der Waals surface area (Å²) in [4.78, 5) is 12.6. The Morgan fingerprint density at radius 2 is 1.83 bits per heavy atom. The summed E-state index contributed by atoms with van der Waals surface area (Å²) in [5, 5.41) is 8.02. The summed E-state index contributed by atoms with van der Waals surface area (Å²) in [5.41, 5.74) is 1.04. The van der Waals surface area contributed by atoms with Crippen LogP contribution in [0.1, 0.15) is 49.2 Å². The number of primary sulfonamides is 1. The number of benzene rings is 2. The maximum Gasteiger partial charge on any atom is 0.251 e. The molecule has 7 nitrogen and oxygen atoms in total. The highest BCUT2D eigenvalue weighted by Gasteiger charge is 2.16. The van der Waals surface area contributed by atoms with E-state index < -0.39 is 16.1 Å². The Labute approximate surface area is 172 Å². The normalized spacial score (nSPS) is 12.5. The number of rotatable bonds is 9. The molecule has 0 aliphatic carbocycles. The molecule has 1 atom stereocenters. The van der Waals surface area contributed by atoms with Crippen LogP contribution in [0.5, 0.6) is 11.5 Å². The maximum absolute atomic E-state index is 12.6. The van der Waals surface area contributed by atoms with Gasteiger partial charge in [0.25, 0.3) is 5.91 Å². The van der Waals surface area contributed by atoms with Crippen molar-refractivity contribution in [1.82, 2.24) is 5.32 Å². The number of amides is 1. The molecule has 158 valence electrons. The van der Waals surface area contributed by atoms with Crippen molar-refractivity contribution in [3.8, 4) is 11.5 Å². The van der Waals surface area contributed by atoms with Gasteiger partial charge in [-0.2, -0.15) is 0 Å². The molecule has 0 fully saturated rings. The van der Waals surface area contributed by atoms with Gasteiger partial charge < -0.3 is 14.8 Å². The molecule has 2 rings (SSSR count). The Balaban J connectivity index is 2.12. The summed E-state index contributed by atoms with van der Waals surface area (Å²) in [6.45, 7) is 6.57. The van der Waals surface area contributed by atoms with Crippen molar-refractivity contribution >= 4 is 15.9 Å². The third-order valence-corrected chi connectivity index (χ3v) is 5.32. The van der Waals surface area contributed by atoms with Crippen molar-refractivity contribution in [2.75, 3.05) is 13.7 Å². The van der Waals surface area contributed by atoms with Gasteiger partial charge in [-0.05, 0) is 55.2 Å². The van der Waals surface area contributed by atoms with Gasteiger partial charge in [0.2, 0.25) is 10.0 Å². The van der Waals surface area contributed by atoms with Crippen LogP contribution >= 0.6 is 0 Å². The molecule has 0 heterocycles. The first kappa shape index (κ1) is 22.7. The third-order valence-electron chi connectivity index (χ3n) is 4.41. The Hall–Kier alpha value is -2.58. The minimum atomic E-state index is -3.81. The van der Waals surface area contributed by atoms with E-state index in [1.54, 1.807) is 37.3 Å². The monoisotopic (exact) mass is 420 g/mol. The van der Waals surface area contributed by atoms with E-state index in [4.69, 9.17) is 14.6 Å². The molecular formula is C21H28N2O5S. The van der Waals surface area contributed by atoms with Gasteiger partial charge in [0.1, 0.15) is 0 Å². The fraction of sp³-hybridized carbons (Fsp3) is 0.381. The summed E-state index contributed by atoms with van der Waals surface area (Å²) in [7, 11) is -2.29. The van der Waals surface area contributed by atoms with Crippen molar-refractivity contribution in [3.63, 3.8) is 0 Å². The van der Waals surface area contributed by atoms with Crippen LogP contribution in [0.4, 0.5) is 0 Å². The van der Waals surface area contributed by atoms with Crippen LogP contribution in [0.15, 0.2) is 47.4 Å². The highest BCUT2D eigenvalue weighted by molar-refractivity contribution is 7.89. The van der Waals surface area contributed by atoms with E-state index in [0.717, 1.165) is 6.42 Å². The average molecular weight is 421 g/mol. The Kier molecular flexibility index (Phi) is 7.64. The molecule has 0 spiro atoms. The van der Waals surface area contributed by atoms with E-state index >= 15 is 0 Å².